The van der Waals surface area contributed by atoms with Gasteiger partial charge in [-0.05, 0) is 48.8 Å². The number of carbonyl (C=O) groups is 5. The highest BCUT2D eigenvalue weighted by atomic mass is 16.6. The number of fused-ring (bicyclic) bond motifs is 4. The predicted molar refractivity (Wildman–Crippen MR) is 164 cm³/mol. The van der Waals surface area contributed by atoms with Crippen molar-refractivity contribution < 1.29 is 52.4 Å². The van der Waals surface area contributed by atoms with Crippen LogP contribution in [-0.2, 0) is 42.9 Å². The number of rotatable bonds is 8. The fourth-order valence-electron chi connectivity index (χ4n) is 9.64. The van der Waals surface area contributed by atoms with Gasteiger partial charge in [0.2, 0.25) is 11.4 Å². The molecule has 0 unspecified atom stereocenters. The molecule has 5 aliphatic rings. The van der Waals surface area contributed by atoms with Crippen LogP contribution in [0.4, 0.5) is 0 Å². The Bertz CT molecular complexity index is 1620. The molecular formula is C36H44O11. The number of aliphatic hydroxyl groups is 1. The lowest BCUT2D eigenvalue weighted by Crippen LogP contribution is -2.78. The average Bonchev–Trinajstić information content (AvgIpc) is 3.67. The maximum Gasteiger partial charge on any atom is 0.331 e. The van der Waals surface area contributed by atoms with E-state index in [0.29, 0.717) is 36.0 Å². The number of carbonyl (C=O) groups excluding carboxylic acids is 5. The van der Waals surface area contributed by atoms with Crippen molar-refractivity contribution in [3.05, 3.63) is 47.0 Å². The summed E-state index contributed by atoms with van der Waals surface area (Å²) >= 11 is 0. The van der Waals surface area contributed by atoms with E-state index in [2.05, 4.69) is 0 Å². The van der Waals surface area contributed by atoms with Gasteiger partial charge < -0.3 is 28.5 Å². The lowest BCUT2D eigenvalue weighted by Gasteiger charge is -2.63. The van der Waals surface area contributed by atoms with Crippen LogP contribution < -0.4 is 0 Å². The van der Waals surface area contributed by atoms with E-state index in [1.54, 1.807) is 47.6 Å². The second-order valence-electron chi connectivity index (χ2n) is 15.0. The minimum atomic E-state index is -2.36. The third kappa shape index (κ3) is 4.04. The van der Waals surface area contributed by atoms with E-state index in [1.165, 1.54) is 25.7 Å². The smallest absolute Gasteiger partial charge is 0.331 e. The molecule has 2 saturated carbocycles. The molecule has 1 aromatic heterocycles. The third-order valence-electron chi connectivity index (χ3n) is 12.3. The van der Waals surface area contributed by atoms with E-state index < -0.39 is 87.1 Å². The molecule has 0 spiro atoms. The van der Waals surface area contributed by atoms with Crippen molar-refractivity contribution in [3.8, 4) is 0 Å². The van der Waals surface area contributed by atoms with Crippen molar-refractivity contribution in [2.24, 2.45) is 34.0 Å². The Hall–Kier alpha value is -3.73. The number of hydrogen-bond acceptors (Lipinski definition) is 11. The Morgan fingerprint density at radius 2 is 1.81 bits per heavy atom. The quantitative estimate of drug-likeness (QED) is 0.306. The summed E-state index contributed by atoms with van der Waals surface area (Å²) in [4.78, 5) is 69.1. The second kappa shape index (κ2) is 10.6. The van der Waals surface area contributed by atoms with E-state index in [0.717, 1.165) is 0 Å². The van der Waals surface area contributed by atoms with E-state index in [1.807, 2.05) is 6.92 Å². The molecule has 1 aromatic rings. The summed E-state index contributed by atoms with van der Waals surface area (Å²) in [6, 6.07) is 1.70. The molecule has 2 bridgehead atoms. The first-order valence-corrected chi connectivity index (χ1v) is 16.4. The van der Waals surface area contributed by atoms with Crippen molar-refractivity contribution >= 4 is 29.7 Å². The van der Waals surface area contributed by atoms with Gasteiger partial charge in [-0.1, -0.05) is 48.5 Å². The molecule has 0 radical (unpaired) electrons. The molecule has 0 amide bonds. The van der Waals surface area contributed by atoms with Crippen molar-refractivity contribution in [1.82, 2.24) is 0 Å². The summed E-state index contributed by atoms with van der Waals surface area (Å²) in [5, 5.41) is 13.2. The highest BCUT2D eigenvalue weighted by molar-refractivity contribution is 6.12. The number of hydrogen-bond donors (Lipinski definition) is 1. The zero-order chi connectivity index (χ0) is 34.5. The van der Waals surface area contributed by atoms with Crippen LogP contribution in [0.15, 0.2) is 45.8 Å². The molecule has 4 aliphatic carbocycles. The van der Waals surface area contributed by atoms with E-state index in [9.17, 15) is 24.3 Å². The molecule has 254 valence electrons. The first-order chi connectivity index (χ1) is 22.0. The van der Waals surface area contributed by atoms with Crippen LogP contribution in [0.2, 0.25) is 0 Å². The lowest BCUT2D eigenvalue weighted by atomic mass is 9.43. The van der Waals surface area contributed by atoms with E-state index in [-0.39, 0.29) is 18.4 Å². The highest BCUT2D eigenvalue weighted by Gasteiger charge is 2.91. The molecular weight excluding hydrogens is 608 g/mol. The fourth-order valence-corrected chi connectivity index (χ4v) is 9.64. The van der Waals surface area contributed by atoms with Crippen molar-refractivity contribution in [3.63, 3.8) is 0 Å². The van der Waals surface area contributed by atoms with Gasteiger partial charge in [-0.25, -0.2) is 4.79 Å². The summed E-state index contributed by atoms with van der Waals surface area (Å²) in [7, 11) is 1.28. The van der Waals surface area contributed by atoms with Crippen LogP contribution in [0.5, 0.6) is 0 Å². The Balaban J connectivity index is 1.67. The SMILES string of the molecule is CC[C@H](C)C(=O)O[C@@]12C(=O)C3=C(CC[C@]4(C)C3=CC(=O)O[C@H]4c3ccoc3)[C@]3(C)[C@H](CC(=O)OC)[C@@](C)(C[C@]13O)[C@H]2OC(=O)C(C)C. The van der Waals surface area contributed by atoms with Crippen LogP contribution in [-0.4, -0.2) is 59.2 Å². The van der Waals surface area contributed by atoms with Gasteiger partial charge in [-0.3, -0.25) is 19.2 Å². The normalized spacial score (nSPS) is 39.1. The van der Waals surface area contributed by atoms with E-state index >= 15 is 4.79 Å². The number of methoxy groups -OCH3 is 1. The van der Waals surface area contributed by atoms with Gasteiger partial charge in [-0.15, -0.1) is 0 Å². The summed E-state index contributed by atoms with van der Waals surface area (Å²) in [6.45, 7) is 12.2. The summed E-state index contributed by atoms with van der Waals surface area (Å²) < 4.78 is 28.8. The number of cyclic esters (lactones) is 1. The molecule has 2 fully saturated rings. The largest absolute Gasteiger partial charge is 0.472 e. The molecule has 1 aliphatic heterocycles. The minimum absolute atomic E-state index is 0.0828. The molecule has 6 rings (SSSR count). The molecule has 0 saturated heterocycles. The van der Waals surface area contributed by atoms with Crippen LogP contribution in [0.3, 0.4) is 0 Å². The number of Topliss-reactive ketones (excluding diaryl/α,β-unsaturated/α-hetero) is 1. The van der Waals surface area contributed by atoms with Crippen LogP contribution in [0.1, 0.15) is 92.2 Å². The first-order valence-electron chi connectivity index (χ1n) is 16.4. The number of esters is 4. The second-order valence-corrected chi connectivity index (χ2v) is 15.0. The van der Waals surface area contributed by atoms with Gasteiger partial charge >= 0.3 is 23.9 Å². The Kier molecular flexibility index (Phi) is 7.51. The van der Waals surface area contributed by atoms with Crippen LogP contribution >= 0.6 is 0 Å². The van der Waals surface area contributed by atoms with Crippen LogP contribution in [0.25, 0.3) is 0 Å². The molecule has 11 nitrogen and oxygen atoms in total. The van der Waals surface area contributed by atoms with Gasteiger partial charge in [-0.2, -0.15) is 0 Å². The van der Waals surface area contributed by atoms with Gasteiger partial charge in [0.15, 0.2) is 6.10 Å². The molecule has 2 heterocycles. The predicted octanol–water partition coefficient (Wildman–Crippen LogP) is 4.72. The van der Waals surface area contributed by atoms with E-state index in [4.69, 9.17) is 23.4 Å². The van der Waals surface area contributed by atoms with Gasteiger partial charge in [0.1, 0.15) is 11.7 Å². The molecule has 9 atom stereocenters. The molecule has 11 heteroatoms. The molecule has 47 heavy (non-hydrogen) atoms. The Labute approximate surface area is 274 Å². The van der Waals surface area contributed by atoms with Crippen molar-refractivity contribution in [2.75, 3.05) is 7.11 Å². The maximum atomic E-state index is 15.5. The Morgan fingerprint density at radius 1 is 1.11 bits per heavy atom. The van der Waals surface area contributed by atoms with Gasteiger partial charge in [0, 0.05) is 39.9 Å². The fraction of sp³-hybridized carbons (Fsp3) is 0.639. The molecule has 1 N–H and O–H groups in total. The number of ketones is 1. The first kappa shape index (κ1) is 33.2. The summed E-state index contributed by atoms with van der Waals surface area (Å²) in [5.41, 5.74) is -6.12. The topological polar surface area (TPSA) is 156 Å². The van der Waals surface area contributed by atoms with Crippen molar-refractivity contribution in [2.45, 2.75) is 104 Å². The van der Waals surface area contributed by atoms with Gasteiger partial charge in [0.25, 0.3) is 0 Å². The molecule has 0 aromatic carbocycles. The zero-order valence-corrected chi connectivity index (χ0v) is 28.3. The summed E-state index contributed by atoms with van der Waals surface area (Å²) in [5.74, 6) is -5.25. The number of furan rings is 1. The summed E-state index contributed by atoms with van der Waals surface area (Å²) in [6.07, 6.45) is 2.96. The third-order valence-corrected chi connectivity index (χ3v) is 12.3. The highest BCUT2D eigenvalue weighted by Crippen LogP contribution is 2.80. The minimum Gasteiger partial charge on any atom is -0.472 e. The zero-order valence-electron chi connectivity index (χ0n) is 28.3. The monoisotopic (exact) mass is 652 g/mol. The lowest BCUT2D eigenvalue weighted by molar-refractivity contribution is -0.262. The average molecular weight is 653 g/mol. The van der Waals surface area contributed by atoms with Gasteiger partial charge in [0.05, 0.1) is 31.5 Å². The Morgan fingerprint density at radius 3 is 2.40 bits per heavy atom. The maximum absolute atomic E-state index is 15.5. The van der Waals surface area contributed by atoms with Crippen LogP contribution in [0, 0.1) is 34.0 Å². The number of ether oxygens (including phenoxy) is 4. The van der Waals surface area contributed by atoms with Crippen molar-refractivity contribution in [1.29, 1.82) is 0 Å². The standard InChI is InChI=1S/C36H44O11/c1-9-19(4)30(41)47-36-27(39)26-21(10-12-32(5)22(26)14-25(38)45-28(32)20-11-13-44-16-20)34(7)23(15-24(37)43-8)33(6,17-35(34,36)42)31(36)46-29(40)18(2)3/h11,13-14,16,18-19,23,28,31,42H,9-10,12,15,17H2,1-8H3/t19-,23+,28-,31+,32+,33+,34+,35+,36+/m0/s1.